The van der Waals surface area contributed by atoms with Gasteiger partial charge in [0, 0.05) is 44.2 Å². The Morgan fingerprint density at radius 2 is 1.63 bits per heavy atom. The summed E-state index contributed by atoms with van der Waals surface area (Å²) in [5.41, 5.74) is 6.86. The predicted octanol–water partition coefficient (Wildman–Crippen LogP) is 6.74. The van der Waals surface area contributed by atoms with E-state index in [1.807, 2.05) is 12.1 Å². The van der Waals surface area contributed by atoms with Crippen LogP contribution >= 0.6 is 11.6 Å². The smallest absolute Gasteiger partial charge is 0.194 e. The molecule has 180 valence electrons. The molecule has 4 aromatic rings. The molecule has 0 saturated carbocycles. The van der Waals surface area contributed by atoms with Gasteiger partial charge < -0.3 is 14.5 Å². The van der Waals surface area contributed by atoms with E-state index in [2.05, 4.69) is 83.9 Å². The summed E-state index contributed by atoms with van der Waals surface area (Å²) in [6.07, 6.45) is 0.893. The molecule has 1 aliphatic heterocycles. The molecule has 35 heavy (non-hydrogen) atoms. The summed E-state index contributed by atoms with van der Waals surface area (Å²) >= 11 is 6.10. The van der Waals surface area contributed by atoms with Crippen LogP contribution in [0.15, 0.2) is 83.3 Å². The van der Waals surface area contributed by atoms with Crippen LogP contribution in [-0.4, -0.2) is 44.2 Å². The van der Waals surface area contributed by atoms with E-state index in [0.29, 0.717) is 11.8 Å². The van der Waals surface area contributed by atoms with Gasteiger partial charge in [-0.25, -0.2) is 0 Å². The Balaban J connectivity index is 1.44. The number of ether oxygens (including phenoxy) is 1. The van der Waals surface area contributed by atoms with Gasteiger partial charge in [-0.15, -0.1) is 0 Å². The molecule has 1 N–H and O–H groups in total. The highest BCUT2D eigenvalue weighted by Gasteiger charge is 2.15. The van der Waals surface area contributed by atoms with Crippen molar-refractivity contribution in [2.24, 2.45) is 0 Å². The minimum absolute atomic E-state index is 0.412. The van der Waals surface area contributed by atoms with Crippen LogP contribution in [0, 0.1) is 0 Å². The van der Waals surface area contributed by atoms with Crippen LogP contribution in [0.1, 0.15) is 30.0 Å². The van der Waals surface area contributed by atoms with E-state index in [1.165, 1.54) is 27.8 Å². The number of allylic oxidation sites excluding steroid dienone is 1. The lowest BCUT2D eigenvalue weighted by atomic mass is 9.88. The molecular formula is C30H31ClN2O2. The maximum absolute atomic E-state index is 6.10. The van der Waals surface area contributed by atoms with Gasteiger partial charge in [-0.2, -0.15) is 0 Å². The van der Waals surface area contributed by atoms with Crippen molar-refractivity contribution in [1.82, 2.24) is 10.2 Å². The third-order valence-electron chi connectivity index (χ3n) is 6.58. The maximum Gasteiger partial charge on any atom is 0.194 e. The van der Waals surface area contributed by atoms with Gasteiger partial charge >= 0.3 is 0 Å². The summed E-state index contributed by atoms with van der Waals surface area (Å²) in [4.78, 5) is 2.44. The lowest BCUT2D eigenvalue weighted by molar-refractivity contribution is 0.191. The van der Waals surface area contributed by atoms with Crippen LogP contribution < -0.4 is 10.1 Å². The van der Waals surface area contributed by atoms with Crippen molar-refractivity contribution in [2.75, 3.05) is 39.3 Å². The van der Waals surface area contributed by atoms with Crippen molar-refractivity contribution < 1.29 is 9.15 Å². The number of nitrogens with zero attached hydrogens (tertiary/aromatic N) is 1. The van der Waals surface area contributed by atoms with Gasteiger partial charge in [0.1, 0.15) is 17.9 Å². The SMILES string of the molecule is CCC(=C(c1ccccc1)c1ccc(OCCN2CCNCC2)cc1)c1ccc2oc(Cl)cc2c1. The average molecular weight is 487 g/mol. The molecule has 2 heterocycles. The van der Waals surface area contributed by atoms with Crippen molar-refractivity contribution in [3.63, 3.8) is 0 Å². The summed E-state index contributed by atoms with van der Waals surface area (Å²) in [7, 11) is 0. The first-order chi connectivity index (χ1) is 17.2. The molecule has 1 saturated heterocycles. The molecule has 0 spiro atoms. The summed E-state index contributed by atoms with van der Waals surface area (Å²) in [5.74, 6) is 0.906. The number of fused-ring (bicyclic) bond motifs is 1. The Hall–Kier alpha value is -3.05. The highest BCUT2D eigenvalue weighted by atomic mass is 35.5. The minimum atomic E-state index is 0.412. The van der Waals surface area contributed by atoms with Crippen LogP contribution in [0.4, 0.5) is 0 Å². The Morgan fingerprint density at radius 1 is 0.914 bits per heavy atom. The Bertz CT molecular complexity index is 1290. The first-order valence-electron chi connectivity index (χ1n) is 12.4. The van der Waals surface area contributed by atoms with Crippen LogP contribution in [0.2, 0.25) is 5.22 Å². The number of nitrogens with one attached hydrogen (secondary N) is 1. The third kappa shape index (κ3) is 5.62. The molecular weight excluding hydrogens is 456 g/mol. The zero-order valence-electron chi connectivity index (χ0n) is 20.1. The van der Waals surface area contributed by atoms with Crippen molar-refractivity contribution in [3.05, 3.63) is 101 Å². The molecule has 0 atom stereocenters. The lowest BCUT2D eigenvalue weighted by Gasteiger charge is -2.26. The van der Waals surface area contributed by atoms with Gasteiger partial charge in [-0.3, -0.25) is 4.90 Å². The summed E-state index contributed by atoms with van der Waals surface area (Å²) < 4.78 is 11.6. The molecule has 1 aromatic heterocycles. The number of rotatable bonds is 8. The van der Waals surface area contributed by atoms with E-state index in [9.17, 15) is 0 Å². The summed E-state index contributed by atoms with van der Waals surface area (Å²) in [6.45, 7) is 8.16. The number of hydrogen-bond acceptors (Lipinski definition) is 4. The molecule has 4 nitrogen and oxygen atoms in total. The van der Waals surface area contributed by atoms with Crippen molar-refractivity contribution in [1.29, 1.82) is 0 Å². The standard InChI is InChI=1S/C30H31ClN2O2/c1-2-27(24-10-13-28-25(20-24)21-29(31)35-28)30(22-6-4-3-5-7-22)23-8-11-26(12-9-23)34-19-18-33-16-14-32-15-17-33/h3-13,20-21,32H,2,14-19H2,1H3. The second-order valence-corrected chi connectivity index (χ2v) is 9.21. The number of benzene rings is 3. The van der Waals surface area contributed by atoms with Gasteiger partial charge in [-0.1, -0.05) is 55.5 Å². The van der Waals surface area contributed by atoms with Gasteiger partial charge in [0.15, 0.2) is 5.22 Å². The fourth-order valence-corrected chi connectivity index (χ4v) is 4.99. The average Bonchev–Trinajstić information content (AvgIpc) is 3.28. The van der Waals surface area contributed by atoms with E-state index in [-0.39, 0.29) is 0 Å². The number of hydrogen-bond donors (Lipinski definition) is 1. The van der Waals surface area contributed by atoms with E-state index in [0.717, 1.165) is 55.9 Å². The molecule has 0 radical (unpaired) electrons. The quantitative estimate of drug-likeness (QED) is 0.280. The molecule has 1 aliphatic rings. The molecule has 0 aliphatic carbocycles. The zero-order chi connectivity index (χ0) is 24.0. The first-order valence-corrected chi connectivity index (χ1v) is 12.7. The molecule has 5 heteroatoms. The topological polar surface area (TPSA) is 37.6 Å². The second kappa shape index (κ2) is 11.1. The fourth-order valence-electron chi connectivity index (χ4n) is 4.79. The van der Waals surface area contributed by atoms with Gasteiger partial charge in [0.25, 0.3) is 0 Å². The predicted molar refractivity (Wildman–Crippen MR) is 145 cm³/mol. The van der Waals surface area contributed by atoms with E-state index in [4.69, 9.17) is 20.8 Å². The minimum Gasteiger partial charge on any atom is -0.492 e. The summed E-state index contributed by atoms with van der Waals surface area (Å²) in [6, 6.07) is 27.3. The lowest BCUT2D eigenvalue weighted by Crippen LogP contribution is -2.44. The van der Waals surface area contributed by atoms with E-state index in [1.54, 1.807) is 0 Å². The van der Waals surface area contributed by atoms with Crippen LogP contribution in [0.25, 0.3) is 22.1 Å². The van der Waals surface area contributed by atoms with Crippen molar-refractivity contribution in [2.45, 2.75) is 13.3 Å². The first kappa shape index (κ1) is 23.7. The molecule has 0 bridgehead atoms. The highest BCUT2D eigenvalue weighted by Crippen LogP contribution is 2.36. The largest absolute Gasteiger partial charge is 0.492 e. The normalized spacial score (nSPS) is 15.3. The zero-order valence-corrected chi connectivity index (χ0v) is 20.9. The Morgan fingerprint density at radius 3 is 2.37 bits per heavy atom. The summed E-state index contributed by atoms with van der Waals surface area (Å²) in [5, 5.41) is 4.82. The van der Waals surface area contributed by atoms with E-state index < -0.39 is 0 Å². The van der Waals surface area contributed by atoms with Gasteiger partial charge in [-0.05, 0) is 70.1 Å². The van der Waals surface area contributed by atoms with Crippen molar-refractivity contribution in [3.8, 4) is 5.75 Å². The molecule has 1 fully saturated rings. The molecule has 3 aromatic carbocycles. The molecule has 0 amide bonds. The van der Waals surface area contributed by atoms with Crippen LogP contribution in [-0.2, 0) is 0 Å². The number of halogens is 1. The molecule has 5 rings (SSSR count). The van der Waals surface area contributed by atoms with E-state index >= 15 is 0 Å². The number of piperazine rings is 1. The van der Waals surface area contributed by atoms with Gasteiger partial charge in [0.2, 0.25) is 0 Å². The third-order valence-corrected chi connectivity index (χ3v) is 6.77. The maximum atomic E-state index is 6.10. The number of furan rings is 1. The Kier molecular flexibility index (Phi) is 7.53. The fraction of sp³-hybridized carbons (Fsp3) is 0.267. The van der Waals surface area contributed by atoms with Gasteiger partial charge in [0.05, 0.1) is 0 Å². The van der Waals surface area contributed by atoms with Crippen molar-refractivity contribution >= 4 is 33.7 Å². The van der Waals surface area contributed by atoms with Crippen LogP contribution in [0.3, 0.4) is 0 Å². The molecule has 0 unspecified atom stereocenters. The second-order valence-electron chi connectivity index (χ2n) is 8.84. The monoisotopic (exact) mass is 486 g/mol. The van der Waals surface area contributed by atoms with Crippen LogP contribution in [0.5, 0.6) is 5.75 Å². The highest BCUT2D eigenvalue weighted by molar-refractivity contribution is 6.29. The Labute approximate surface area is 212 Å².